The Morgan fingerprint density at radius 1 is 1.26 bits per heavy atom. The number of nitrogens with zero attached hydrogens (tertiary/aromatic N) is 4. The summed E-state index contributed by atoms with van der Waals surface area (Å²) in [5, 5.41) is 10.1. The quantitative estimate of drug-likeness (QED) is 0.780. The van der Waals surface area contributed by atoms with Crippen molar-refractivity contribution in [1.29, 1.82) is 0 Å². The molecule has 166 valence electrons. The first kappa shape index (κ1) is 20.8. The van der Waals surface area contributed by atoms with Crippen molar-refractivity contribution in [1.82, 2.24) is 4.31 Å². The standard InChI is InChI=1S/C23H30N4O3S/c1-15-13-24-23(25-15)31(29,30)27-11-10-18-21(14-28)26(2)20-9-8-17(12-19(20)22(18)27)16-6-4-3-5-7-16/h6,8-9,12-13,15,18,21-22,28H,3-5,7,10-11,14H2,1-2H3/t15?,18-,21-,22-/m1/s1. The van der Waals surface area contributed by atoms with Crippen LogP contribution >= 0.6 is 0 Å². The maximum absolute atomic E-state index is 13.5. The fraction of sp³-hybridized carbons (Fsp3) is 0.565. The number of benzene rings is 1. The molecule has 1 N–H and O–H groups in total. The fourth-order valence-corrected chi connectivity index (χ4v) is 7.25. The van der Waals surface area contributed by atoms with Crippen molar-refractivity contribution in [2.75, 3.05) is 25.1 Å². The summed E-state index contributed by atoms with van der Waals surface area (Å²) in [5.41, 5.74) is 4.55. The summed E-state index contributed by atoms with van der Waals surface area (Å²) < 4.78 is 28.6. The van der Waals surface area contributed by atoms with Gasteiger partial charge < -0.3 is 10.0 Å². The van der Waals surface area contributed by atoms with Gasteiger partial charge in [-0.05, 0) is 67.9 Å². The van der Waals surface area contributed by atoms with Crippen LogP contribution in [0.3, 0.4) is 0 Å². The lowest BCUT2D eigenvalue weighted by Crippen LogP contribution is -2.48. The van der Waals surface area contributed by atoms with Gasteiger partial charge in [0.2, 0.25) is 0 Å². The predicted molar refractivity (Wildman–Crippen MR) is 124 cm³/mol. The summed E-state index contributed by atoms with van der Waals surface area (Å²) in [5.74, 6) is 0.0243. The minimum Gasteiger partial charge on any atom is -0.394 e. The Bertz CT molecular complexity index is 1080. The number of amidine groups is 1. The lowest BCUT2D eigenvalue weighted by molar-refractivity contribution is 0.193. The number of likely N-dealkylation sites (N-methyl/N-ethyl adjacent to an activating group) is 1. The molecule has 0 spiro atoms. The van der Waals surface area contributed by atoms with Crippen molar-refractivity contribution in [2.45, 2.75) is 57.2 Å². The number of sulfonamides is 1. The Morgan fingerprint density at radius 2 is 2.10 bits per heavy atom. The summed E-state index contributed by atoms with van der Waals surface area (Å²) in [6.07, 6.45) is 9.18. The van der Waals surface area contributed by atoms with E-state index in [1.807, 2.05) is 14.0 Å². The number of aliphatic imine (C=N–C) groups is 2. The monoisotopic (exact) mass is 442 g/mol. The molecule has 1 aromatic rings. The van der Waals surface area contributed by atoms with Gasteiger partial charge in [0, 0.05) is 31.4 Å². The highest BCUT2D eigenvalue weighted by Crippen LogP contribution is 2.50. The van der Waals surface area contributed by atoms with Crippen LogP contribution in [0.25, 0.3) is 5.57 Å². The second-order valence-corrected chi connectivity index (χ2v) is 10.8. The molecule has 4 atom stereocenters. The fourth-order valence-electron chi connectivity index (χ4n) is 5.63. The molecule has 3 aliphatic heterocycles. The molecular formula is C23H30N4O3S. The molecule has 31 heavy (non-hydrogen) atoms. The number of hydrogen-bond acceptors (Lipinski definition) is 6. The van der Waals surface area contributed by atoms with Gasteiger partial charge in [0.1, 0.15) is 0 Å². The number of aliphatic hydroxyl groups is 1. The zero-order valence-corrected chi connectivity index (χ0v) is 18.9. The molecule has 1 aromatic carbocycles. The van der Waals surface area contributed by atoms with E-state index in [2.05, 4.69) is 39.2 Å². The lowest BCUT2D eigenvalue weighted by Gasteiger charge is -2.44. The summed E-state index contributed by atoms with van der Waals surface area (Å²) in [7, 11) is -1.80. The van der Waals surface area contributed by atoms with Gasteiger partial charge >= 0.3 is 0 Å². The van der Waals surface area contributed by atoms with E-state index < -0.39 is 10.0 Å². The normalized spacial score (nSPS) is 30.7. The van der Waals surface area contributed by atoms with Gasteiger partial charge in [0.15, 0.2) is 0 Å². The van der Waals surface area contributed by atoms with Gasteiger partial charge in [-0.25, -0.2) is 18.4 Å². The van der Waals surface area contributed by atoms with Crippen LogP contribution in [0.4, 0.5) is 5.69 Å². The van der Waals surface area contributed by atoms with Crippen molar-refractivity contribution >= 4 is 32.7 Å². The molecule has 1 fully saturated rings. The van der Waals surface area contributed by atoms with Crippen LogP contribution in [0, 0.1) is 5.92 Å². The molecule has 4 aliphatic rings. The van der Waals surface area contributed by atoms with Crippen molar-refractivity contribution in [2.24, 2.45) is 15.9 Å². The zero-order chi connectivity index (χ0) is 21.8. The first-order valence-corrected chi connectivity index (χ1v) is 12.7. The van der Waals surface area contributed by atoms with E-state index in [0.717, 1.165) is 24.1 Å². The highest BCUT2D eigenvalue weighted by atomic mass is 32.2. The van der Waals surface area contributed by atoms with E-state index >= 15 is 0 Å². The highest BCUT2D eigenvalue weighted by molar-refractivity contribution is 8.04. The van der Waals surface area contributed by atoms with Crippen LogP contribution in [0.2, 0.25) is 0 Å². The Balaban J connectivity index is 1.61. The molecule has 3 heterocycles. The Kier molecular flexibility index (Phi) is 5.27. The second-order valence-electron chi connectivity index (χ2n) is 9.05. The molecule has 0 bridgehead atoms. The molecule has 0 amide bonds. The van der Waals surface area contributed by atoms with E-state index in [4.69, 9.17) is 0 Å². The summed E-state index contributed by atoms with van der Waals surface area (Å²) in [6, 6.07) is 5.77. The van der Waals surface area contributed by atoms with Crippen molar-refractivity contribution in [3.05, 3.63) is 35.4 Å². The van der Waals surface area contributed by atoms with Gasteiger partial charge in [0.05, 0.1) is 24.7 Å². The predicted octanol–water partition coefficient (Wildman–Crippen LogP) is 2.98. The van der Waals surface area contributed by atoms with Gasteiger partial charge in [0.25, 0.3) is 15.2 Å². The van der Waals surface area contributed by atoms with Gasteiger partial charge in [-0.2, -0.15) is 4.31 Å². The topological polar surface area (TPSA) is 85.6 Å². The molecular weight excluding hydrogens is 412 g/mol. The third-order valence-electron chi connectivity index (χ3n) is 7.22. The molecule has 7 nitrogen and oxygen atoms in total. The van der Waals surface area contributed by atoms with Gasteiger partial charge in [-0.1, -0.05) is 12.1 Å². The smallest absolute Gasteiger partial charge is 0.278 e. The maximum atomic E-state index is 13.5. The Hall–Kier alpha value is -2.03. The molecule has 0 aromatic heterocycles. The molecule has 5 rings (SSSR count). The van der Waals surface area contributed by atoms with Crippen LogP contribution in [-0.4, -0.2) is 61.5 Å². The Labute approximate surface area is 184 Å². The maximum Gasteiger partial charge on any atom is 0.278 e. The third kappa shape index (κ3) is 3.36. The number of allylic oxidation sites excluding steroid dienone is 2. The Morgan fingerprint density at radius 3 is 2.77 bits per heavy atom. The number of anilines is 1. The first-order valence-electron chi connectivity index (χ1n) is 11.2. The van der Waals surface area contributed by atoms with Crippen molar-refractivity contribution in [3.63, 3.8) is 0 Å². The van der Waals surface area contributed by atoms with E-state index in [1.165, 1.54) is 24.0 Å². The van der Waals surface area contributed by atoms with Crippen molar-refractivity contribution < 1.29 is 13.5 Å². The van der Waals surface area contributed by atoms with Crippen LogP contribution < -0.4 is 4.90 Å². The number of fused-ring (bicyclic) bond motifs is 3. The molecule has 1 unspecified atom stereocenters. The third-order valence-corrected chi connectivity index (χ3v) is 8.92. The summed E-state index contributed by atoms with van der Waals surface area (Å²) in [4.78, 5) is 10.5. The van der Waals surface area contributed by atoms with Crippen LogP contribution in [0.1, 0.15) is 56.2 Å². The molecule has 8 heteroatoms. The van der Waals surface area contributed by atoms with Crippen LogP contribution in [-0.2, 0) is 10.0 Å². The van der Waals surface area contributed by atoms with E-state index in [1.54, 1.807) is 10.5 Å². The highest BCUT2D eigenvalue weighted by Gasteiger charge is 2.51. The number of hydrogen-bond donors (Lipinski definition) is 1. The van der Waals surface area contributed by atoms with Crippen LogP contribution in [0.15, 0.2) is 34.3 Å². The van der Waals surface area contributed by atoms with Gasteiger partial charge in [-0.15, -0.1) is 0 Å². The molecule has 0 saturated carbocycles. The van der Waals surface area contributed by atoms with E-state index in [0.29, 0.717) is 13.0 Å². The van der Waals surface area contributed by atoms with E-state index in [-0.39, 0.29) is 35.8 Å². The first-order chi connectivity index (χ1) is 14.9. The largest absolute Gasteiger partial charge is 0.394 e. The SMILES string of the molecule is CC1C=NC(S(=O)(=O)N2CC[C@@H]3[C@@H](CO)N(C)c4ccc(C5=CCCCC5)cc4[C@@H]32)=N1. The molecule has 0 radical (unpaired) electrons. The average Bonchev–Trinajstić information content (AvgIpc) is 3.42. The number of rotatable bonds is 3. The molecule has 1 aliphatic carbocycles. The minimum atomic E-state index is -3.80. The average molecular weight is 443 g/mol. The van der Waals surface area contributed by atoms with Crippen molar-refractivity contribution in [3.8, 4) is 0 Å². The number of aliphatic hydroxyl groups excluding tert-OH is 1. The zero-order valence-electron chi connectivity index (χ0n) is 18.1. The second kappa shape index (κ2) is 7.83. The van der Waals surface area contributed by atoms with Crippen LogP contribution in [0.5, 0.6) is 0 Å². The van der Waals surface area contributed by atoms with E-state index in [9.17, 15) is 13.5 Å². The molecule has 1 saturated heterocycles. The lowest BCUT2D eigenvalue weighted by atomic mass is 9.81. The summed E-state index contributed by atoms with van der Waals surface area (Å²) in [6.45, 7) is 2.24. The summed E-state index contributed by atoms with van der Waals surface area (Å²) >= 11 is 0. The minimum absolute atomic E-state index is 0.00592. The van der Waals surface area contributed by atoms with Gasteiger partial charge in [-0.3, -0.25) is 0 Å².